The standard InChI is InChI=1S/C24H19NO4S/c1-15-19-13-17(7-10-20(19)25-24(15)28)21(26)14-29-23(27)12-9-18-8-11-22(30-18)16-5-3-2-4-6-16/h2-13,15H,14H2,1H3,(H,25,28)/b12-9+/t15-/m1/s1. The van der Waals surface area contributed by atoms with Gasteiger partial charge in [0.15, 0.2) is 12.4 Å². The molecule has 2 heterocycles. The summed E-state index contributed by atoms with van der Waals surface area (Å²) in [6.45, 7) is 1.44. The summed E-state index contributed by atoms with van der Waals surface area (Å²) in [6, 6.07) is 18.9. The monoisotopic (exact) mass is 417 g/mol. The van der Waals surface area contributed by atoms with E-state index in [1.807, 2.05) is 42.5 Å². The van der Waals surface area contributed by atoms with E-state index in [0.717, 1.165) is 26.6 Å². The highest BCUT2D eigenvalue weighted by molar-refractivity contribution is 7.16. The van der Waals surface area contributed by atoms with Gasteiger partial charge in [0, 0.05) is 27.1 Å². The van der Waals surface area contributed by atoms with Gasteiger partial charge in [-0.1, -0.05) is 30.3 Å². The number of thiophene rings is 1. The molecule has 1 aromatic heterocycles. The van der Waals surface area contributed by atoms with E-state index in [1.54, 1.807) is 42.5 Å². The summed E-state index contributed by atoms with van der Waals surface area (Å²) < 4.78 is 5.09. The van der Waals surface area contributed by atoms with Crippen LogP contribution < -0.4 is 5.32 Å². The molecule has 30 heavy (non-hydrogen) atoms. The van der Waals surface area contributed by atoms with Gasteiger partial charge >= 0.3 is 5.97 Å². The molecule has 0 saturated heterocycles. The predicted octanol–water partition coefficient (Wildman–Crippen LogP) is 4.91. The molecule has 0 spiro atoms. The highest BCUT2D eigenvalue weighted by Crippen LogP contribution is 2.32. The Bertz CT molecular complexity index is 1150. The van der Waals surface area contributed by atoms with Crippen molar-refractivity contribution >= 4 is 40.8 Å². The van der Waals surface area contributed by atoms with Crippen LogP contribution in [0.4, 0.5) is 5.69 Å². The number of benzene rings is 2. The van der Waals surface area contributed by atoms with Crippen LogP contribution in [0.3, 0.4) is 0 Å². The van der Waals surface area contributed by atoms with E-state index in [4.69, 9.17) is 4.74 Å². The van der Waals surface area contributed by atoms with Gasteiger partial charge in [0.1, 0.15) is 0 Å². The summed E-state index contributed by atoms with van der Waals surface area (Å²) in [5, 5.41) is 2.76. The van der Waals surface area contributed by atoms with Crippen molar-refractivity contribution in [3.63, 3.8) is 0 Å². The zero-order chi connectivity index (χ0) is 21.1. The lowest BCUT2D eigenvalue weighted by atomic mass is 9.99. The Morgan fingerprint density at radius 2 is 1.90 bits per heavy atom. The molecule has 0 fully saturated rings. The van der Waals surface area contributed by atoms with E-state index in [2.05, 4.69) is 5.32 Å². The molecule has 1 amide bonds. The van der Waals surface area contributed by atoms with E-state index < -0.39 is 5.97 Å². The molecule has 2 aromatic carbocycles. The zero-order valence-corrected chi connectivity index (χ0v) is 17.1. The van der Waals surface area contributed by atoms with Crippen LogP contribution in [0.2, 0.25) is 0 Å². The average molecular weight is 417 g/mol. The highest BCUT2D eigenvalue weighted by Gasteiger charge is 2.27. The van der Waals surface area contributed by atoms with Gasteiger partial charge in [-0.15, -0.1) is 11.3 Å². The molecule has 0 bridgehead atoms. The Morgan fingerprint density at radius 1 is 1.10 bits per heavy atom. The number of carbonyl (C=O) groups is 3. The summed E-state index contributed by atoms with van der Waals surface area (Å²) in [4.78, 5) is 38.1. The molecular formula is C24H19NO4S. The SMILES string of the molecule is C[C@H]1C(=O)Nc2ccc(C(=O)COC(=O)/C=C/c3ccc(-c4ccccc4)s3)cc21. The van der Waals surface area contributed by atoms with Crippen LogP contribution in [-0.2, 0) is 14.3 Å². The second-order valence-electron chi connectivity index (χ2n) is 6.95. The third-order valence-corrected chi connectivity index (χ3v) is 6.01. The molecule has 1 aliphatic heterocycles. The predicted molar refractivity (Wildman–Crippen MR) is 118 cm³/mol. The zero-order valence-electron chi connectivity index (χ0n) is 16.3. The Labute approximate surface area is 178 Å². The molecule has 1 atom stereocenters. The van der Waals surface area contributed by atoms with Crippen molar-refractivity contribution < 1.29 is 19.1 Å². The van der Waals surface area contributed by atoms with Crippen molar-refractivity contribution in [2.24, 2.45) is 0 Å². The first-order valence-electron chi connectivity index (χ1n) is 9.49. The molecule has 150 valence electrons. The van der Waals surface area contributed by atoms with Crippen LogP contribution in [0.15, 0.2) is 66.7 Å². The lowest BCUT2D eigenvalue weighted by Gasteiger charge is -2.05. The number of ether oxygens (including phenoxy) is 1. The van der Waals surface area contributed by atoms with Crippen LogP contribution in [0.1, 0.15) is 33.6 Å². The van der Waals surface area contributed by atoms with Gasteiger partial charge in [0.25, 0.3) is 0 Å². The van der Waals surface area contributed by atoms with Gasteiger partial charge in [0.2, 0.25) is 5.91 Å². The second-order valence-corrected chi connectivity index (χ2v) is 8.06. The number of hydrogen-bond acceptors (Lipinski definition) is 5. The molecule has 0 unspecified atom stereocenters. The van der Waals surface area contributed by atoms with Crippen molar-refractivity contribution in [2.75, 3.05) is 11.9 Å². The van der Waals surface area contributed by atoms with Crippen LogP contribution in [0.5, 0.6) is 0 Å². The van der Waals surface area contributed by atoms with Gasteiger partial charge in [0.05, 0.1) is 5.92 Å². The van der Waals surface area contributed by atoms with E-state index >= 15 is 0 Å². The maximum atomic E-state index is 12.4. The van der Waals surface area contributed by atoms with Crippen molar-refractivity contribution in [1.29, 1.82) is 0 Å². The molecule has 3 aromatic rings. The number of hydrogen-bond donors (Lipinski definition) is 1. The van der Waals surface area contributed by atoms with Crippen molar-refractivity contribution in [2.45, 2.75) is 12.8 Å². The van der Waals surface area contributed by atoms with Crippen molar-refractivity contribution in [3.8, 4) is 10.4 Å². The normalized spacial score (nSPS) is 15.1. The first-order valence-corrected chi connectivity index (χ1v) is 10.3. The molecular weight excluding hydrogens is 398 g/mol. The average Bonchev–Trinajstić information content (AvgIpc) is 3.35. The van der Waals surface area contributed by atoms with E-state index in [9.17, 15) is 14.4 Å². The fraction of sp³-hybridized carbons (Fsp3) is 0.125. The Balaban J connectivity index is 1.34. The van der Waals surface area contributed by atoms with Gasteiger partial charge < -0.3 is 10.1 Å². The van der Waals surface area contributed by atoms with Crippen molar-refractivity contribution in [1.82, 2.24) is 0 Å². The maximum absolute atomic E-state index is 12.4. The largest absolute Gasteiger partial charge is 0.454 e. The minimum atomic E-state index is -0.579. The number of nitrogens with one attached hydrogen (secondary N) is 1. The Morgan fingerprint density at radius 3 is 2.70 bits per heavy atom. The molecule has 0 saturated carbocycles. The van der Waals surface area contributed by atoms with E-state index in [0.29, 0.717) is 5.56 Å². The third-order valence-electron chi connectivity index (χ3n) is 4.91. The Kier molecular flexibility index (Phi) is 5.59. The number of ketones is 1. The number of carbonyl (C=O) groups excluding carboxylic acids is 3. The van der Waals surface area contributed by atoms with E-state index in [-0.39, 0.29) is 24.2 Å². The third kappa shape index (κ3) is 4.23. The summed E-state index contributed by atoms with van der Waals surface area (Å²) in [5.41, 5.74) is 3.04. The van der Waals surface area contributed by atoms with Crippen LogP contribution in [-0.4, -0.2) is 24.3 Å². The number of rotatable bonds is 6. The Hall–Kier alpha value is -3.51. The number of fused-ring (bicyclic) bond motifs is 1. The molecule has 0 aliphatic carbocycles. The smallest absolute Gasteiger partial charge is 0.331 e. The molecule has 1 aliphatic rings. The molecule has 6 heteroatoms. The topological polar surface area (TPSA) is 72.5 Å². The van der Waals surface area contributed by atoms with E-state index in [1.165, 1.54) is 6.08 Å². The van der Waals surface area contributed by atoms with Gasteiger partial charge in [-0.05, 0) is 54.5 Å². The number of esters is 1. The number of Topliss-reactive ketones (excluding diaryl/α,β-unsaturated/α-hetero) is 1. The summed E-state index contributed by atoms with van der Waals surface area (Å²) in [6.07, 6.45) is 3.00. The lowest BCUT2D eigenvalue weighted by molar-refractivity contribution is -0.136. The van der Waals surface area contributed by atoms with Gasteiger partial charge in [-0.2, -0.15) is 0 Å². The van der Waals surface area contributed by atoms with Crippen LogP contribution >= 0.6 is 11.3 Å². The fourth-order valence-corrected chi connectivity index (χ4v) is 4.12. The molecule has 1 N–H and O–H groups in total. The van der Waals surface area contributed by atoms with Crippen molar-refractivity contribution in [3.05, 3.63) is 82.7 Å². The molecule has 5 nitrogen and oxygen atoms in total. The summed E-state index contributed by atoms with van der Waals surface area (Å²) in [7, 11) is 0. The molecule has 4 rings (SSSR count). The number of anilines is 1. The minimum Gasteiger partial charge on any atom is -0.454 e. The lowest BCUT2D eigenvalue weighted by Crippen LogP contribution is -2.12. The maximum Gasteiger partial charge on any atom is 0.331 e. The van der Waals surface area contributed by atoms with Crippen LogP contribution in [0.25, 0.3) is 16.5 Å². The fourth-order valence-electron chi connectivity index (χ4n) is 3.21. The second kappa shape index (κ2) is 8.47. The van der Waals surface area contributed by atoms with Gasteiger partial charge in [-0.25, -0.2) is 4.79 Å². The highest BCUT2D eigenvalue weighted by atomic mass is 32.1. The number of amides is 1. The summed E-state index contributed by atoms with van der Waals surface area (Å²) in [5.74, 6) is -1.28. The van der Waals surface area contributed by atoms with Crippen LogP contribution in [0, 0.1) is 0 Å². The first-order chi connectivity index (χ1) is 14.5. The first kappa shape index (κ1) is 19.8. The summed E-state index contributed by atoms with van der Waals surface area (Å²) >= 11 is 1.57. The minimum absolute atomic E-state index is 0.0878. The van der Waals surface area contributed by atoms with Gasteiger partial charge in [-0.3, -0.25) is 9.59 Å². The molecule has 0 radical (unpaired) electrons. The quantitative estimate of drug-likeness (QED) is 0.351.